The number of hydrogen-bond donors (Lipinski definition) is 2. The van der Waals surface area contributed by atoms with E-state index in [-0.39, 0.29) is 10.9 Å². The first-order chi connectivity index (χ1) is 13.3. The molecule has 1 aromatic heterocycles. The maximum atomic E-state index is 12.2. The van der Waals surface area contributed by atoms with Crippen LogP contribution in [0.2, 0.25) is 0 Å². The molecule has 28 heavy (non-hydrogen) atoms. The number of aryl methyl sites for hydroxylation is 1. The fourth-order valence-corrected chi connectivity index (χ4v) is 3.57. The number of hydrogen-bond acceptors (Lipinski definition) is 5. The van der Waals surface area contributed by atoms with Gasteiger partial charge in [0.15, 0.2) is 0 Å². The molecule has 0 radical (unpaired) electrons. The Bertz CT molecular complexity index is 1110. The molecule has 0 aliphatic carbocycles. The molecule has 0 aliphatic rings. The van der Waals surface area contributed by atoms with Gasteiger partial charge in [0.2, 0.25) is 10.0 Å². The van der Waals surface area contributed by atoms with Crippen molar-refractivity contribution < 1.29 is 13.2 Å². The van der Waals surface area contributed by atoms with Gasteiger partial charge in [-0.25, -0.2) is 22.2 Å². The zero-order valence-electron chi connectivity index (χ0n) is 15.9. The Morgan fingerprint density at radius 2 is 1.93 bits per heavy atom. The number of urea groups is 1. The predicted molar refractivity (Wildman–Crippen MR) is 107 cm³/mol. The van der Waals surface area contributed by atoms with E-state index in [4.69, 9.17) is 0 Å². The van der Waals surface area contributed by atoms with E-state index in [1.165, 1.54) is 26.2 Å². The number of rotatable bonds is 6. The van der Waals surface area contributed by atoms with Crippen molar-refractivity contribution in [3.05, 3.63) is 48.0 Å². The van der Waals surface area contributed by atoms with Crippen LogP contribution in [-0.2, 0) is 16.6 Å². The first-order valence-electron chi connectivity index (χ1n) is 8.65. The smallest absolute Gasteiger partial charge is 0.319 e. The van der Waals surface area contributed by atoms with E-state index in [0.717, 1.165) is 15.6 Å². The SMILES string of the molecule is Cc1ccccc1NC(=O)NCCn1nnc2cc(S(=O)(=O)N(C)C)ccc21. The molecule has 10 heteroatoms. The summed E-state index contributed by atoms with van der Waals surface area (Å²) in [7, 11) is -0.577. The number of nitrogens with one attached hydrogen (secondary N) is 2. The lowest BCUT2D eigenvalue weighted by atomic mass is 10.2. The summed E-state index contributed by atoms with van der Waals surface area (Å²) in [5.41, 5.74) is 2.90. The standard InChI is InChI=1S/C18H22N6O3S/c1-13-6-4-5-7-15(13)20-18(25)19-10-11-24-17-9-8-14(12-16(17)21-22-24)28(26,27)23(2)3/h4-9,12H,10-11H2,1-3H3,(H2,19,20,25). The van der Waals surface area contributed by atoms with Gasteiger partial charge in [-0.2, -0.15) is 0 Å². The van der Waals surface area contributed by atoms with Gasteiger partial charge >= 0.3 is 6.03 Å². The summed E-state index contributed by atoms with van der Waals surface area (Å²) >= 11 is 0. The summed E-state index contributed by atoms with van der Waals surface area (Å²) in [6.07, 6.45) is 0. The molecule has 2 aromatic carbocycles. The van der Waals surface area contributed by atoms with Gasteiger partial charge in [0, 0.05) is 26.3 Å². The molecule has 0 aliphatic heterocycles. The highest BCUT2D eigenvalue weighted by Gasteiger charge is 2.18. The number of para-hydroxylation sites is 1. The van der Waals surface area contributed by atoms with Gasteiger partial charge in [0.1, 0.15) is 5.52 Å². The molecule has 2 amide bonds. The summed E-state index contributed by atoms with van der Waals surface area (Å²) in [5, 5.41) is 13.6. The van der Waals surface area contributed by atoms with Crippen LogP contribution in [0.4, 0.5) is 10.5 Å². The molecule has 0 fully saturated rings. The molecule has 9 nitrogen and oxygen atoms in total. The van der Waals surface area contributed by atoms with E-state index in [0.29, 0.717) is 24.1 Å². The second-order valence-electron chi connectivity index (χ2n) is 6.45. The average molecular weight is 402 g/mol. The number of carbonyl (C=O) groups is 1. The van der Waals surface area contributed by atoms with Gasteiger partial charge in [-0.3, -0.25) is 0 Å². The second-order valence-corrected chi connectivity index (χ2v) is 8.60. The molecular formula is C18H22N6O3S. The minimum Gasteiger partial charge on any atom is -0.336 e. The second kappa shape index (κ2) is 7.95. The van der Waals surface area contributed by atoms with Crippen LogP contribution in [-0.4, -0.2) is 54.4 Å². The normalized spacial score (nSPS) is 11.7. The van der Waals surface area contributed by atoms with Crippen molar-refractivity contribution in [3.8, 4) is 0 Å². The molecule has 0 bridgehead atoms. The number of carbonyl (C=O) groups excluding carboxylic acids is 1. The van der Waals surface area contributed by atoms with Crippen LogP contribution >= 0.6 is 0 Å². The van der Waals surface area contributed by atoms with Crippen LogP contribution < -0.4 is 10.6 Å². The van der Waals surface area contributed by atoms with Crippen LogP contribution in [0, 0.1) is 6.92 Å². The van der Waals surface area contributed by atoms with E-state index < -0.39 is 10.0 Å². The molecular weight excluding hydrogens is 380 g/mol. The fourth-order valence-electron chi connectivity index (χ4n) is 2.64. The van der Waals surface area contributed by atoms with Gasteiger partial charge in [-0.1, -0.05) is 23.4 Å². The van der Waals surface area contributed by atoms with E-state index in [9.17, 15) is 13.2 Å². The monoisotopic (exact) mass is 402 g/mol. The Kier molecular flexibility index (Phi) is 5.61. The molecule has 1 heterocycles. The van der Waals surface area contributed by atoms with Gasteiger partial charge < -0.3 is 10.6 Å². The first kappa shape index (κ1) is 19.8. The highest BCUT2D eigenvalue weighted by molar-refractivity contribution is 7.89. The summed E-state index contributed by atoms with van der Waals surface area (Å²) in [4.78, 5) is 12.2. The number of amides is 2. The molecule has 0 atom stereocenters. The highest BCUT2D eigenvalue weighted by Crippen LogP contribution is 2.19. The lowest BCUT2D eigenvalue weighted by molar-refractivity contribution is 0.251. The van der Waals surface area contributed by atoms with Crippen molar-refractivity contribution in [2.75, 3.05) is 26.0 Å². The Balaban J connectivity index is 1.64. The number of benzene rings is 2. The summed E-state index contributed by atoms with van der Waals surface area (Å²) in [6.45, 7) is 2.66. The van der Waals surface area contributed by atoms with E-state index in [1.807, 2.05) is 31.2 Å². The van der Waals surface area contributed by atoms with Gasteiger partial charge in [-0.15, -0.1) is 5.10 Å². The number of aromatic nitrogens is 3. The lowest BCUT2D eigenvalue weighted by Crippen LogP contribution is -2.31. The van der Waals surface area contributed by atoms with Gasteiger partial charge in [0.25, 0.3) is 0 Å². The maximum absolute atomic E-state index is 12.2. The minimum atomic E-state index is -3.53. The Morgan fingerprint density at radius 3 is 2.64 bits per heavy atom. The zero-order valence-corrected chi connectivity index (χ0v) is 16.7. The van der Waals surface area contributed by atoms with Crippen molar-refractivity contribution in [1.82, 2.24) is 24.6 Å². The Morgan fingerprint density at radius 1 is 1.18 bits per heavy atom. The third-order valence-corrected chi connectivity index (χ3v) is 6.08. The number of nitrogens with zero attached hydrogens (tertiary/aromatic N) is 4. The zero-order chi connectivity index (χ0) is 20.3. The summed E-state index contributed by atoms with van der Waals surface area (Å²) in [6, 6.07) is 11.9. The predicted octanol–water partition coefficient (Wildman–Crippen LogP) is 1.81. The van der Waals surface area contributed by atoms with Crippen LogP contribution in [0.25, 0.3) is 11.0 Å². The largest absolute Gasteiger partial charge is 0.336 e. The van der Waals surface area contributed by atoms with Crippen molar-refractivity contribution in [1.29, 1.82) is 0 Å². The van der Waals surface area contributed by atoms with Crippen molar-refractivity contribution in [3.63, 3.8) is 0 Å². The number of fused-ring (bicyclic) bond motifs is 1. The first-order valence-corrected chi connectivity index (χ1v) is 10.1. The van der Waals surface area contributed by atoms with Gasteiger partial charge in [0.05, 0.1) is 17.0 Å². The Hall–Kier alpha value is -2.98. The van der Waals surface area contributed by atoms with Crippen LogP contribution in [0.3, 0.4) is 0 Å². The third-order valence-electron chi connectivity index (χ3n) is 4.27. The van der Waals surface area contributed by atoms with Crippen LogP contribution in [0.5, 0.6) is 0 Å². The van der Waals surface area contributed by atoms with Gasteiger partial charge in [-0.05, 0) is 36.8 Å². The number of anilines is 1. The topological polar surface area (TPSA) is 109 Å². The number of sulfonamides is 1. The molecule has 0 saturated heterocycles. The summed E-state index contributed by atoms with van der Waals surface area (Å²) < 4.78 is 27.2. The van der Waals surface area contributed by atoms with Crippen molar-refractivity contribution in [2.24, 2.45) is 0 Å². The molecule has 3 aromatic rings. The van der Waals surface area contributed by atoms with Crippen LogP contribution in [0.1, 0.15) is 5.56 Å². The molecule has 0 spiro atoms. The quantitative estimate of drug-likeness (QED) is 0.654. The fraction of sp³-hybridized carbons (Fsp3) is 0.278. The molecule has 2 N–H and O–H groups in total. The minimum absolute atomic E-state index is 0.160. The molecule has 3 rings (SSSR count). The molecule has 0 unspecified atom stereocenters. The van der Waals surface area contributed by atoms with E-state index in [2.05, 4.69) is 20.9 Å². The van der Waals surface area contributed by atoms with E-state index in [1.54, 1.807) is 10.7 Å². The van der Waals surface area contributed by atoms with Crippen molar-refractivity contribution >= 4 is 32.8 Å². The average Bonchev–Trinajstić information content (AvgIpc) is 3.06. The highest BCUT2D eigenvalue weighted by atomic mass is 32.2. The molecule has 148 valence electrons. The summed E-state index contributed by atoms with van der Waals surface area (Å²) in [5.74, 6) is 0. The van der Waals surface area contributed by atoms with Crippen LogP contribution in [0.15, 0.2) is 47.4 Å². The third kappa shape index (κ3) is 4.12. The van der Waals surface area contributed by atoms with E-state index >= 15 is 0 Å². The lowest BCUT2D eigenvalue weighted by Gasteiger charge is -2.11. The van der Waals surface area contributed by atoms with Crippen molar-refractivity contribution in [2.45, 2.75) is 18.4 Å². The maximum Gasteiger partial charge on any atom is 0.319 e. The molecule has 0 saturated carbocycles. The Labute approximate surface area is 163 Å².